The number of hydrogen-bond acceptors (Lipinski definition) is 8. The van der Waals surface area contributed by atoms with Gasteiger partial charge in [0, 0.05) is 11.3 Å². The number of amides is 2. The van der Waals surface area contributed by atoms with Gasteiger partial charge in [-0.2, -0.15) is 17.2 Å². The summed E-state index contributed by atoms with van der Waals surface area (Å²) in [5, 5.41) is -4.77. The summed E-state index contributed by atoms with van der Waals surface area (Å²) in [6.45, 7) is 5.50. The van der Waals surface area contributed by atoms with Crippen LogP contribution in [0.3, 0.4) is 0 Å². The number of halogens is 2. The molecule has 13 heteroatoms. The van der Waals surface area contributed by atoms with E-state index in [2.05, 4.69) is 0 Å². The Morgan fingerprint density at radius 3 is 2.19 bits per heavy atom. The van der Waals surface area contributed by atoms with E-state index in [1.165, 1.54) is 0 Å². The molecule has 4 rings (SSSR count). The highest BCUT2D eigenvalue weighted by atomic mass is 32.2. The van der Waals surface area contributed by atoms with E-state index in [4.69, 9.17) is 14.0 Å². The summed E-state index contributed by atoms with van der Waals surface area (Å²) >= 11 is 0. The molecule has 3 aliphatic carbocycles. The maximum atomic E-state index is 14.1. The van der Waals surface area contributed by atoms with Gasteiger partial charge in [-0.05, 0) is 32.1 Å². The van der Waals surface area contributed by atoms with Crippen molar-refractivity contribution in [3.8, 4) is 0 Å². The average molecular weight is 550 g/mol. The van der Waals surface area contributed by atoms with Gasteiger partial charge in [-0.1, -0.05) is 40.0 Å². The van der Waals surface area contributed by atoms with E-state index in [1.807, 2.05) is 0 Å². The number of esters is 2. The Bertz CT molecular complexity index is 1100. The SMILES string of the molecule is CC(OC(=O)C1C2CC3C1C(=O)N(C(=O)C(C)(C)C)C3C2OC(=O)C1CCCCC1)C(F)(F)S(=O)(=O)O. The fourth-order valence-corrected chi connectivity index (χ4v) is 6.95. The Labute approximate surface area is 214 Å². The maximum absolute atomic E-state index is 14.1. The maximum Gasteiger partial charge on any atom is 0.405 e. The van der Waals surface area contributed by atoms with E-state index < -0.39 is 86.5 Å². The van der Waals surface area contributed by atoms with Gasteiger partial charge in [0.25, 0.3) is 0 Å². The van der Waals surface area contributed by atoms with Crippen LogP contribution in [-0.2, 0) is 38.8 Å². The molecule has 0 aromatic carbocycles. The van der Waals surface area contributed by atoms with Crippen LogP contribution in [0.15, 0.2) is 0 Å². The summed E-state index contributed by atoms with van der Waals surface area (Å²) < 4.78 is 69.9. The first-order valence-corrected chi connectivity index (χ1v) is 14.1. The molecular formula is C24H33F2NO9S. The lowest BCUT2D eigenvalue weighted by Crippen LogP contribution is -2.51. The number of imide groups is 1. The molecular weight excluding hydrogens is 516 g/mol. The molecule has 208 valence electrons. The predicted molar refractivity (Wildman–Crippen MR) is 122 cm³/mol. The van der Waals surface area contributed by atoms with Crippen LogP contribution in [0.1, 0.15) is 66.2 Å². The number of carbonyl (C=O) groups is 4. The van der Waals surface area contributed by atoms with Crippen molar-refractivity contribution >= 4 is 33.9 Å². The lowest BCUT2D eigenvalue weighted by atomic mass is 9.78. The van der Waals surface area contributed by atoms with Crippen LogP contribution in [0.25, 0.3) is 0 Å². The number of nitrogens with zero attached hydrogens (tertiary/aromatic N) is 1. The van der Waals surface area contributed by atoms with Crippen LogP contribution < -0.4 is 0 Å². The minimum Gasteiger partial charge on any atom is -0.460 e. The van der Waals surface area contributed by atoms with E-state index in [1.54, 1.807) is 20.8 Å². The molecule has 2 bridgehead atoms. The number of ether oxygens (including phenoxy) is 2. The Morgan fingerprint density at radius 2 is 1.65 bits per heavy atom. The number of likely N-dealkylation sites (tertiary alicyclic amines) is 1. The van der Waals surface area contributed by atoms with Crippen LogP contribution in [0, 0.1) is 35.0 Å². The molecule has 7 atom stereocenters. The summed E-state index contributed by atoms with van der Waals surface area (Å²) in [4.78, 5) is 54.0. The molecule has 0 radical (unpaired) electrons. The van der Waals surface area contributed by atoms with Crippen molar-refractivity contribution in [2.24, 2.45) is 35.0 Å². The monoisotopic (exact) mass is 549 g/mol. The number of rotatable bonds is 6. The molecule has 10 nitrogen and oxygen atoms in total. The van der Waals surface area contributed by atoms with Gasteiger partial charge in [0.1, 0.15) is 6.10 Å². The van der Waals surface area contributed by atoms with E-state index in [0.717, 1.165) is 24.2 Å². The first kappa shape index (κ1) is 27.9. The van der Waals surface area contributed by atoms with Gasteiger partial charge in [-0.3, -0.25) is 28.6 Å². The molecule has 7 unspecified atom stereocenters. The Kier molecular flexibility index (Phi) is 6.97. The van der Waals surface area contributed by atoms with Crippen molar-refractivity contribution in [3.05, 3.63) is 0 Å². The summed E-state index contributed by atoms with van der Waals surface area (Å²) in [5.74, 6) is -6.92. The third kappa shape index (κ3) is 4.55. The van der Waals surface area contributed by atoms with Crippen molar-refractivity contribution in [3.63, 3.8) is 0 Å². The predicted octanol–water partition coefficient (Wildman–Crippen LogP) is 2.56. The van der Waals surface area contributed by atoms with E-state index in [-0.39, 0.29) is 12.3 Å². The molecule has 1 aliphatic heterocycles. The number of hydrogen-bond donors (Lipinski definition) is 1. The average Bonchev–Trinajstić information content (AvgIpc) is 3.40. The molecule has 1 N–H and O–H groups in total. The fourth-order valence-electron chi connectivity index (χ4n) is 6.49. The van der Waals surface area contributed by atoms with Gasteiger partial charge in [-0.15, -0.1) is 0 Å². The normalized spacial score (nSPS) is 32.9. The Hall–Kier alpha value is -2.15. The molecule has 1 saturated heterocycles. The molecule has 37 heavy (non-hydrogen) atoms. The topological polar surface area (TPSA) is 144 Å². The molecule has 0 aromatic heterocycles. The third-order valence-corrected chi connectivity index (χ3v) is 9.32. The van der Waals surface area contributed by atoms with E-state index in [0.29, 0.717) is 19.8 Å². The Balaban J connectivity index is 1.64. The molecule has 3 saturated carbocycles. The molecule has 0 spiro atoms. The number of alkyl halides is 2. The zero-order valence-corrected chi connectivity index (χ0v) is 22.0. The van der Waals surface area contributed by atoms with E-state index >= 15 is 0 Å². The van der Waals surface area contributed by atoms with Gasteiger partial charge in [0.05, 0.1) is 23.8 Å². The second kappa shape index (κ2) is 9.25. The van der Waals surface area contributed by atoms with Crippen LogP contribution in [0.2, 0.25) is 0 Å². The van der Waals surface area contributed by atoms with Crippen LogP contribution in [-0.4, -0.2) is 65.1 Å². The molecule has 4 fully saturated rings. The molecule has 2 amide bonds. The molecule has 0 aromatic rings. The second-order valence-electron chi connectivity index (χ2n) is 11.7. The molecule has 1 heterocycles. The minimum atomic E-state index is -5.88. The Morgan fingerprint density at radius 1 is 1.05 bits per heavy atom. The zero-order valence-electron chi connectivity index (χ0n) is 21.2. The van der Waals surface area contributed by atoms with Crippen molar-refractivity contribution in [2.45, 2.75) is 89.7 Å². The van der Waals surface area contributed by atoms with Crippen LogP contribution in [0.5, 0.6) is 0 Å². The largest absolute Gasteiger partial charge is 0.460 e. The highest BCUT2D eigenvalue weighted by molar-refractivity contribution is 7.86. The second-order valence-corrected chi connectivity index (χ2v) is 13.2. The van der Waals surface area contributed by atoms with Gasteiger partial charge in [0.15, 0.2) is 6.10 Å². The van der Waals surface area contributed by atoms with Crippen molar-refractivity contribution < 1.29 is 50.4 Å². The van der Waals surface area contributed by atoms with Crippen molar-refractivity contribution in [2.75, 3.05) is 0 Å². The summed E-state index contributed by atoms with van der Waals surface area (Å²) in [6.07, 6.45) is 0.702. The van der Waals surface area contributed by atoms with Crippen molar-refractivity contribution in [1.29, 1.82) is 0 Å². The third-order valence-electron chi connectivity index (χ3n) is 8.31. The highest BCUT2D eigenvalue weighted by Gasteiger charge is 2.72. The van der Waals surface area contributed by atoms with Gasteiger partial charge < -0.3 is 9.47 Å². The quantitative estimate of drug-likeness (QED) is 0.390. The van der Waals surface area contributed by atoms with Crippen LogP contribution in [0.4, 0.5) is 8.78 Å². The fraction of sp³-hybridized carbons (Fsp3) is 0.833. The smallest absolute Gasteiger partial charge is 0.405 e. The van der Waals surface area contributed by atoms with Gasteiger partial charge in [0.2, 0.25) is 11.8 Å². The van der Waals surface area contributed by atoms with Gasteiger partial charge >= 0.3 is 27.3 Å². The molecule has 4 aliphatic rings. The standard InChI is InChI=1S/C24H33F2NO9S/c1-11(24(25,26)37(32,33)34)35-21(30)16-14-10-13-15(16)19(28)27(22(31)23(2,3)4)17(13)18(14)36-20(29)12-8-6-5-7-9-12/h11-18H,5-10H2,1-4H3,(H,32,33,34). The highest BCUT2D eigenvalue weighted by Crippen LogP contribution is 2.60. The van der Waals surface area contributed by atoms with Crippen molar-refractivity contribution in [1.82, 2.24) is 4.90 Å². The first-order chi connectivity index (χ1) is 17.0. The summed E-state index contributed by atoms with van der Waals surface area (Å²) in [6, 6.07) is -0.775. The number of carbonyl (C=O) groups excluding carboxylic acids is 4. The van der Waals surface area contributed by atoms with E-state index in [9.17, 15) is 36.4 Å². The lowest BCUT2D eigenvalue weighted by molar-refractivity contribution is -0.175. The first-order valence-electron chi connectivity index (χ1n) is 12.6. The minimum absolute atomic E-state index is 0.237. The summed E-state index contributed by atoms with van der Waals surface area (Å²) in [7, 11) is -5.88. The zero-order chi connectivity index (χ0) is 27.7. The lowest BCUT2D eigenvalue weighted by Gasteiger charge is -2.36. The number of fused-ring (bicyclic) bond motifs is 1. The van der Waals surface area contributed by atoms with Gasteiger partial charge in [-0.25, -0.2) is 0 Å². The van der Waals surface area contributed by atoms with Crippen LogP contribution >= 0.6 is 0 Å². The summed E-state index contributed by atoms with van der Waals surface area (Å²) in [5.41, 5.74) is -0.961.